The molecule has 20 heavy (non-hydrogen) atoms. The summed E-state index contributed by atoms with van der Waals surface area (Å²) in [5, 5.41) is 11.9. The quantitative estimate of drug-likeness (QED) is 0.708. The first-order valence-electron chi connectivity index (χ1n) is 6.68. The summed E-state index contributed by atoms with van der Waals surface area (Å²) in [5.41, 5.74) is 0.248. The Labute approximate surface area is 127 Å². The van der Waals surface area contributed by atoms with Gasteiger partial charge in [-0.05, 0) is 54.1 Å². The van der Waals surface area contributed by atoms with E-state index in [0.717, 1.165) is 26.1 Å². The average Bonchev–Trinajstić information content (AvgIpc) is 2.43. The number of hydrogen-bond donors (Lipinski definition) is 2. The first-order chi connectivity index (χ1) is 9.51. The van der Waals surface area contributed by atoms with Crippen molar-refractivity contribution in [2.75, 3.05) is 31.5 Å². The van der Waals surface area contributed by atoms with Crippen molar-refractivity contribution in [1.29, 1.82) is 0 Å². The predicted octanol–water partition coefficient (Wildman–Crippen LogP) is 3.43. The maximum absolute atomic E-state index is 14.0. The molecule has 0 aliphatic carbocycles. The molecule has 0 aliphatic rings. The lowest BCUT2D eigenvalue weighted by atomic mass is 10.2. The van der Waals surface area contributed by atoms with Crippen molar-refractivity contribution < 1.29 is 14.3 Å². The summed E-state index contributed by atoms with van der Waals surface area (Å²) < 4.78 is 13.9. The van der Waals surface area contributed by atoms with E-state index in [4.69, 9.17) is 5.11 Å². The Morgan fingerprint density at radius 2 is 2.05 bits per heavy atom. The summed E-state index contributed by atoms with van der Waals surface area (Å²) in [4.78, 5) is 13.2. The summed E-state index contributed by atoms with van der Waals surface area (Å²) in [7, 11) is 0. The lowest BCUT2D eigenvalue weighted by Gasteiger charge is -2.18. The molecule has 0 aliphatic heterocycles. The second-order valence-electron chi connectivity index (χ2n) is 4.40. The number of nitrogens with one attached hydrogen (secondary N) is 1. The Kier molecular flexibility index (Phi) is 6.95. The minimum Gasteiger partial charge on any atom is -0.478 e. The molecule has 0 heterocycles. The highest BCUT2D eigenvalue weighted by Crippen LogP contribution is 2.27. The van der Waals surface area contributed by atoms with Crippen LogP contribution in [0.2, 0.25) is 0 Å². The van der Waals surface area contributed by atoms with Crippen molar-refractivity contribution in [3.8, 4) is 0 Å². The minimum absolute atomic E-state index is 0.0151. The summed E-state index contributed by atoms with van der Waals surface area (Å²) in [6.45, 7) is 7.83. The van der Waals surface area contributed by atoms with Crippen molar-refractivity contribution in [1.82, 2.24) is 4.90 Å². The molecule has 2 N–H and O–H groups in total. The molecule has 4 nitrogen and oxygen atoms in total. The van der Waals surface area contributed by atoms with Gasteiger partial charge in [0.05, 0.1) is 15.7 Å². The van der Waals surface area contributed by atoms with Gasteiger partial charge in [0.15, 0.2) is 5.82 Å². The van der Waals surface area contributed by atoms with Crippen molar-refractivity contribution in [3.63, 3.8) is 0 Å². The minimum atomic E-state index is -1.15. The smallest absolute Gasteiger partial charge is 0.336 e. The fraction of sp³-hybridized carbons (Fsp3) is 0.500. The third-order valence-electron chi connectivity index (χ3n) is 3.17. The Bertz CT molecular complexity index is 465. The van der Waals surface area contributed by atoms with Gasteiger partial charge in [0.25, 0.3) is 0 Å². The van der Waals surface area contributed by atoms with Crippen LogP contribution in [-0.4, -0.2) is 42.2 Å². The average molecular weight is 347 g/mol. The number of aromatic carboxylic acids is 1. The highest BCUT2D eigenvalue weighted by atomic mass is 79.9. The van der Waals surface area contributed by atoms with E-state index in [-0.39, 0.29) is 10.0 Å². The number of benzene rings is 1. The van der Waals surface area contributed by atoms with Gasteiger partial charge >= 0.3 is 5.97 Å². The Morgan fingerprint density at radius 1 is 1.40 bits per heavy atom. The molecule has 1 rings (SSSR count). The molecule has 0 saturated carbocycles. The van der Waals surface area contributed by atoms with Crippen LogP contribution in [0.1, 0.15) is 30.6 Å². The SMILES string of the molecule is CCN(CC)CCCNc1ccc(C(=O)O)c(Br)c1F. The number of carboxylic acids is 1. The topological polar surface area (TPSA) is 52.6 Å². The number of rotatable bonds is 8. The standard InChI is InChI=1S/C14H20BrFN2O2/c1-3-18(4-2)9-5-8-17-11-7-6-10(14(19)20)12(15)13(11)16/h6-7,17H,3-5,8-9H2,1-2H3,(H,19,20). The number of anilines is 1. The molecule has 0 radical (unpaired) electrons. The monoisotopic (exact) mass is 346 g/mol. The molecule has 1 aromatic rings. The first kappa shape index (κ1) is 16.9. The molecule has 0 spiro atoms. The van der Waals surface area contributed by atoms with Crippen LogP contribution in [0.5, 0.6) is 0 Å². The molecule has 1 aromatic carbocycles. The molecule has 112 valence electrons. The van der Waals surface area contributed by atoms with E-state index < -0.39 is 11.8 Å². The van der Waals surface area contributed by atoms with E-state index in [0.29, 0.717) is 12.2 Å². The van der Waals surface area contributed by atoms with E-state index in [2.05, 4.69) is 40.0 Å². The van der Waals surface area contributed by atoms with E-state index in [9.17, 15) is 9.18 Å². The third-order valence-corrected chi connectivity index (χ3v) is 3.95. The van der Waals surface area contributed by atoms with Crippen molar-refractivity contribution in [2.45, 2.75) is 20.3 Å². The van der Waals surface area contributed by atoms with Gasteiger partial charge < -0.3 is 15.3 Å². The Balaban J connectivity index is 2.57. The molecule has 0 atom stereocenters. The van der Waals surface area contributed by atoms with Gasteiger partial charge in [-0.15, -0.1) is 0 Å². The van der Waals surface area contributed by atoms with Crippen LogP contribution < -0.4 is 5.32 Å². The van der Waals surface area contributed by atoms with E-state index in [1.807, 2.05) is 0 Å². The Hall–Kier alpha value is -1.14. The number of hydrogen-bond acceptors (Lipinski definition) is 3. The fourth-order valence-electron chi connectivity index (χ4n) is 1.92. The summed E-state index contributed by atoms with van der Waals surface area (Å²) in [6, 6.07) is 2.85. The van der Waals surface area contributed by atoms with E-state index in [1.54, 1.807) is 0 Å². The molecule has 0 bridgehead atoms. The van der Waals surface area contributed by atoms with Gasteiger partial charge in [0.2, 0.25) is 0 Å². The maximum Gasteiger partial charge on any atom is 0.336 e. The number of halogens is 2. The highest BCUT2D eigenvalue weighted by Gasteiger charge is 2.15. The van der Waals surface area contributed by atoms with Gasteiger partial charge in [-0.3, -0.25) is 0 Å². The van der Waals surface area contributed by atoms with Crippen LogP contribution >= 0.6 is 15.9 Å². The Morgan fingerprint density at radius 3 is 2.60 bits per heavy atom. The molecule has 0 aromatic heterocycles. The summed E-state index contributed by atoms with van der Waals surface area (Å²) >= 11 is 2.98. The van der Waals surface area contributed by atoms with Crippen molar-refractivity contribution in [3.05, 3.63) is 28.0 Å². The van der Waals surface area contributed by atoms with Crippen LogP contribution in [0.4, 0.5) is 10.1 Å². The normalized spacial score (nSPS) is 10.8. The van der Waals surface area contributed by atoms with E-state index in [1.165, 1.54) is 12.1 Å². The van der Waals surface area contributed by atoms with Crippen LogP contribution in [0.15, 0.2) is 16.6 Å². The number of carbonyl (C=O) groups is 1. The second-order valence-corrected chi connectivity index (χ2v) is 5.19. The predicted molar refractivity (Wildman–Crippen MR) is 82.0 cm³/mol. The molecule has 6 heteroatoms. The summed E-state index contributed by atoms with van der Waals surface area (Å²) in [5.74, 6) is -1.71. The molecular formula is C14H20BrFN2O2. The van der Waals surface area contributed by atoms with Gasteiger partial charge in [-0.2, -0.15) is 0 Å². The lowest BCUT2D eigenvalue weighted by Crippen LogP contribution is -2.25. The largest absolute Gasteiger partial charge is 0.478 e. The van der Waals surface area contributed by atoms with Gasteiger partial charge in [-0.1, -0.05) is 13.8 Å². The van der Waals surface area contributed by atoms with Crippen molar-refractivity contribution in [2.24, 2.45) is 0 Å². The fourth-order valence-corrected chi connectivity index (χ4v) is 2.43. The van der Waals surface area contributed by atoms with Gasteiger partial charge in [0.1, 0.15) is 0 Å². The lowest BCUT2D eigenvalue weighted by molar-refractivity contribution is 0.0695. The molecule has 0 saturated heterocycles. The van der Waals surface area contributed by atoms with Crippen LogP contribution in [-0.2, 0) is 0 Å². The second kappa shape index (κ2) is 8.21. The van der Waals surface area contributed by atoms with E-state index >= 15 is 0 Å². The zero-order valence-corrected chi connectivity index (χ0v) is 13.3. The first-order valence-corrected chi connectivity index (χ1v) is 7.48. The molecular weight excluding hydrogens is 327 g/mol. The van der Waals surface area contributed by atoms with Gasteiger partial charge in [-0.25, -0.2) is 9.18 Å². The number of carboxylic acid groups (broad SMARTS) is 1. The maximum atomic E-state index is 14.0. The van der Waals surface area contributed by atoms with Crippen molar-refractivity contribution >= 4 is 27.6 Å². The van der Waals surface area contributed by atoms with Crippen LogP contribution in [0.25, 0.3) is 0 Å². The molecule has 0 unspecified atom stereocenters. The molecule has 0 fully saturated rings. The van der Waals surface area contributed by atoms with Gasteiger partial charge in [0, 0.05) is 6.54 Å². The molecule has 0 amide bonds. The number of nitrogens with zero attached hydrogens (tertiary/aromatic N) is 1. The summed E-state index contributed by atoms with van der Waals surface area (Å²) in [6.07, 6.45) is 0.902. The zero-order valence-electron chi connectivity index (χ0n) is 11.7. The van der Waals surface area contributed by atoms with Crippen LogP contribution in [0.3, 0.4) is 0 Å². The highest BCUT2D eigenvalue weighted by molar-refractivity contribution is 9.10. The zero-order chi connectivity index (χ0) is 15.1. The third kappa shape index (κ3) is 4.45. The van der Waals surface area contributed by atoms with Crippen LogP contribution in [0, 0.1) is 5.82 Å².